The fourth-order valence-electron chi connectivity index (χ4n) is 3.54. The quantitative estimate of drug-likeness (QED) is 0.822. The first-order valence-corrected chi connectivity index (χ1v) is 9.00. The molecular formula is C20H26N2O3. The predicted octanol–water partition coefficient (Wildman–Crippen LogP) is 3.74. The van der Waals surface area contributed by atoms with Gasteiger partial charge in [0.2, 0.25) is 0 Å². The highest BCUT2D eigenvalue weighted by atomic mass is 16.5. The lowest BCUT2D eigenvalue weighted by Crippen LogP contribution is -2.45. The standard InChI is InChI=1S/C20H26N2O3/c1-12-4-8-15(9-5-12)18-17(14(3)21-20(24)22-18)19(23)25-16-10-6-13(2)7-11-16/h4-5,8-9,13,16,18H,6-7,10-11H2,1-3H3,(H2,21,22,24)/t13?,16?,18-/m0/s1. The Morgan fingerprint density at radius 1 is 1.08 bits per heavy atom. The Morgan fingerprint density at radius 2 is 1.72 bits per heavy atom. The van der Waals surface area contributed by atoms with Crippen molar-refractivity contribution in [2.75, 3.05) is 0 Å². The van der Waals surface area contributed by atoms with Gasteiger partial charge in [0.1, 0.15) is 6.10 Å². The highest BCUT2D eigenvalue weighted by Gasteiger charge is 2.33. The van der Waals surface area contributed by atoms with Crippen molar-refractivity contribution < 1.29 is 14.3 Å². The van der Waals surface area contributed by atoms with Gasteiger partial charge in [-0.15, -0.1) is 0 Å². The Bertz CT molecular complexity index is 685. The number of allylic oxidation sites excluding steroid dienone is 1. The maximum absolute atomic E-state index is 12.8. The Morgan fingerprint density at radius 3 is 2.36 bits per heavy atom. The molecule has 0 bridgehead atoms. The van der Waals surface area contributed by atoms with Crippen LogP contribution in [-0.4, -0.2) is 18.1 Å². The van der Waals surface area contributed by atoms with Crippen molar-refractivity contribution in [2.45, 2.75) is 58.6 Å². The van der Waals surface area contributed by atoms with E-state index in [0.29, 0.717) is 17.2 Å². The number of esters is 1. The summed E-state index contributed by atoms with van der Waals surface area (Å²) in [6.45, 7) is 5.99. The summed E-state index contributed by atoms with van der Waals surface area (Å²) in [7, 11) is 0. The van der Waals surface area contributed by atoms with E-state index < -0.39 is 6.04 Å². The molecule has 1 aromatic carbocycles. The van der Waals surface area contributed by atoms with Gasteiger partial charge in [0, 0.05) is 5.70 Å². The zero-order chi connectivity index (χ0) is 18.0. The third kappa shape index (κ3) is 4.03. The molecule has 2 amide bonds. The Balaban J connectivity index is 1.82. The van der Waals surface area contributed by atoms with Crippen LogP contribution in [0.25, 0.3) is 0 Å². The van der Waals surface area contributed by atoms with Gasteiger partial charge < -0.3 is 15.4 Å². The molecule has 2 aliphatic rings. The van der Waals surface area contributed by atoms with Crippen molar-refractivity contribution in [1.29, 1.82) is 0 Å². The number of nitrogens with one attached hydrogen (secondary N) is 2. The van der Waals surface area contributed by atoms with E-state index in [2.05, 4.69) is 17.6 Å². The van der Waals surface area contributed by atoms with Crippen molar-refractivity contribution in [3.8, 4) is 0 Å². The number of benzene rings is 1. The molecule has 0 saturated heterocycles. The van der Waals surface area contributed by atoms with E-state index in [9.17, 15) is 9.59 Å². The van der Waals surface area contributed by atoms with Gasteiger partial charge in [-0.25, -0.2) is 9.59 Å². The van der Waals surface area contributed by atoms with Crippen LogP contribution in [0.5, 0.6) is 0 Å². The van der Waals surface area contributed by atoms with Gasteiger partial charge in [0.05, 0.1) is 11.6 Å². The first kappa shape index (κ1) is 17.5. The molecule has 134 valence electrons. The Kier molecular flexibility index (Phi) is 5.11. The smallest absolute Gasteiger partial charge is 0.338 e. The Labute approximate surface area is 148 Å². The number of urea groups is 1. The number of ether oxygens (including phenoxy) is 1. The number of aryl methyl sites for hydroxylation is 1. The highest BCUT2D eigenvalue weighted by Crippen LogP contribution is 2.31. The van der Waals surface area contributed by atoms with Crippen LogP contribution in [0.1, 0.15) is 56.7 Å². The number of rotatable bonds is 3. The normalized spacial score (nSPS) is 26.7. The van der Waals surface area contributed by atoms with Crippen LogP contribution in [0.2, 0.25) is 0 Å². The molecule has 1 aliphatic carbocycles. The van der Waals surface area contributed by atoms with Gasteiger partial charge in [-0.3, -0.25) is 0 Å². The summed E-state index contributed by atoms with van der Waals surface area (Å²) in [4.78, 5) is 24.8. The second-order valence-corrected chi connectivity index (χ2v) is 7.27. The fourth-order valence-corrected chi connectivity index (χ4v) is 3.54. The van der Waals surface area contributed by atoms with Gasteiger partial charge in [-0.05, 0) is 51.0 Å². The largest absolute Gasteiger partial charge is 0.459 e. The highest BCUT2D eigenvalue weighted by molar-refractivity contribution is 5.95. The lowest BCUT2D eigenvalue weighted by atomic mass is 9.88. The summed E-state index contributed by atoms with van der Waals surface area (Å²) in [6, 6.07) is 7.05. The second kappa shape index (κ2) is 7.30. The molecule has 1 aliphatic heterocycles. The molecule has 1 saturated carbocycles. The maximum atomic E-state index is 12.8. The van der Waals surface area contributed by atoms with Gasteiger partial charge in [-0.1, -0.05) is 36.8 Å². The van der Waals surface area contributed by atoms with E-state index >= 15 is 0 Å². The van der Waals surface area contributed by atoms with Crippen LogP contribution in [0.15, 0.2) is 35.5 Å². The monoisotopic (exact) mass is 342 g/mol. The molecule has 5 nitrogen and oxygen atoms in total. The minimum Gasteiger partial charge on any atom is -0.459 e. The lowest BCUT2D eigenvalue weighted by molar-refractivity contribution is -0.146. The van der Waals surface area contributed by atoms with Crippen LogP contribution < -0.4 is 10.6 Å². The summed E-state index contributed by atoms with van der Waals surface area (Å²) in [5, 5.41) is 5.54. The van der Waals surface area contributed by atoms with Crippen molar-refractivity contribution >= 4 is 12.0 Å². The van der Waals surface area contributed by atoms with E-state index in [1.54, 1.807) is 6.92 Å². The van der Waals surface area contributed by atoms with E-state index in [4.69, 9.17) is 4.74 Å². The van der Waals surface area contributed by atoms with E-state index in [1.807, 2.05) is 31.2 Å². The molecule has 3 rings (SSSR count). The molecule has 25 heavy (non-hydrogen) atoms. The van der Waals surface area contributed by atoms with Crippen LogP contribution in [0.4, 0.5) is 4.79 Å². The van der Waals surface area contributed by atoms with Crippen molar-refractivity contribution in [3.63, 3.8) is 0 Å². The van der Waals surface area contributed by atoms with Crippen molar-refractivity contribution in [2.24, 2.45) is 5.92 Å². The van der Waals surface area contributed by atoms with Crippen molar-refractivity contribution in [3.05, 3.63) is 46.7 Å². The van der Waals surface area contributed by atoms with Crippen LogP contribution >= 0.6 is 0 Å². The molecule has 0 spiro atoms. The average Bonchev–Trinajstić information content (AvgIpc) is 2.57. The zero-order valence-corrected chi connectivity index (χ0v) is 15.1. The third-order valence-electron chi connectivity index (χ3n) is 5.14. The second-order valence-electron chi connectivity index (χ2n) is 7.27. The minimum atomic E-state index is -0.482. The van der Waals surface area contributed by atoms with Gasteiger partial charge in [0.25, 0.3) is 0 Å². The zero-order valence-electron chi connectivity index (χ0n) is 15.1. The molecule has 1 heterocycles. The summed E-state index contributed by atoms with van der Waals surface area (Å²) in [6.07, 6.45) is 3.97. The molecule has 0 aromatic heterocycles. The SMILES string of the molecule is CC1=C(C(=O)OC2CCC(C)CC2)[C@H](c2ccc(C)cc2)NC(=O)N1. The lowest BCUT2D eigenvalue weighted by Gasteiger charge is -2.31. The average molecular weight is 342 g/mol. The molecule has 1 fully saturated rings. The molecule has 1 atom stereocenters. The number of hydrogen-bond acceptors (Lipinski definition) is 3. The minimum absolute atomic E-state index is 0.0275. The maximum Gasteiger partial charge on any atom is 0.338 e. The number of amides is 2. The van der Waals surface area contributed by atoms with Crippen LogP contribution in [-0.2, 0) is 9.53 Å². The van der Waals surface area contributed by atoms with Crippen LogP contribution in [0, 0.1) is 12.8 Å². The molecular weight excluding hydrogens is 316 g/mol. The first-order chi connectivity index (χ1) is 11.9. The van der Waals surface area contributed by atoms with Gasteiger partial charge in [0.15, 0.2) is 0 Å². The number of carbonyl (C=O) groups excluding carboxylic acids is 2. The Hall–Kier alpha value is -2.30. The van der Waals surface area contributed by atoms with Gasteiger partial charge in [-0.2, -0.15) is 0 Å². The van der Waals surface area contributed by atoms with Crippen molar-refractivity contribution in [1.82, 2.24) is 10.6 Å². The van der Waals surface area contributed by atoms with E-state index in [0.717, 1.165) is 36.8 Å². The third-order valence-corrected chi connectivity index (χ3v) is 5.14. The van der Waals surface area contributed by atoms with E-state index in [1.165, 1.54) is 0 Å². The summed E-state index contributed by atoms with van der Waals surface area (Å²) >= 11 is 0. The molecule has 2 N–H and O–H groups in total. The topological polar surface area (TPSA) is 67.4 Å². The summed E-state index contributed by atoms with van der Waals surface area (Å²) < 4.78 is 5.77. The first-order valence-electron chi connectivity index (χ1n) is 9.00. The van der Waals surface area contributed by atoms with Gasteiger partial charge >= 0.3 is 12.0 Å². The molecule has 0 unspecified atom stereocenters. The number of carbonyl (C=O) groups is 2. The molecule has 5 heteroatoms. The fraction of sp³-hybridized carbons (Fsp3) is 0.500. The molecule has 0 radical (unpaired) electrons. The summed E-state index contributed by atoms with van der Waals surface area (Å²) in [5.41, 5.74) is 3.06. The number of hydrogen-bond donors (Lipinski definition) is 2. The predicted molar refractivity (Wildman–Crippen MR) is 95.8 cm³/mol. The van der Waals surface area contributed by atoms with E-state index in [-0.39, 0.29) is 18.1 Å². The summed E-state index contributed by atoms with van der Waals surface area (Å²) in [5.74, 6) is 0.363. The molecule has 1 aromatic rings. The van der Waals surface area contributed by atoms with Crippen LogP contribution in [0.3, 0.4) is 0 Å².